The lowest BCUT2D eigenvalue weighted by Gasteiger charge is -2.44. The van der Waals surface area contributed by atoms with Crippen LogP contribution < -0.4 is 0 Å². The Kier molecular flexibility index (Phi) is 7.45. The van der Waals surface area contributed by atoms with Crippen LogP contribution in [0.3, 0.4) is 0 Å². The van der Waals surface area contributed by atoms with E-state index < -0.39 is 10.1 Å². The van der Waals surface area contributed by atoms with E-state index in [9.17, 15) is 13.2 Å². The predicted molar refractivity (Wildman–Crippen MR) is 120 cm³/mol. The molecule has 0 aromatic heterocycles. The van der Waals surface area contributed by atoms with Crippen molar-refractivity contribution >= 4 is 39.2 Å². The van der Waals surface area contributed by atoms with Crippen molar-refractivity contribution in [3.63, 3.8) is 0 Å². The second-order valence-corrected chi connectivity index (χ2v) is 10.2. The standard InChI is InChI=1S/C22H25Cl2NO4S/c23-19-10-9-18(15-20(19)24)22(11-4-5-14-30(27,28)29)12-6-13-25(16-22)21(26)17-7-2-1-3-8-17/h1-3,7-10,15H,4-6,11-14,16H2,(H,27,28,29)/t22-/m1/s1. The summed E-state index contributed by atoms with van der Waals surface area (Å²) in [6.07, 6.45) is 3.33. The fraction of sp³-hybridized carbons (Fsp3) is 0.409. The molecule has 162 valence electrons. The monoisotopic (exact) mass is 469 g/mol. The van der Waals surface area contributed by atoms with Crippen LogP contribution in [0.25, 0.3) is 0 Å². The number of hydrogen-bond acceptors (Lipinski definition) is 3. The average Bonchev–Trinajstić information content (AvgIpc) is 2.73. The number of nitrogens with zero attached hydrogens (tertiary/aromatic N) is 1. The van der Waals surface area contributed by atoms with E-state index in [1.807, 2.05) is 47.4 Å². The molecule has 1 amide bonds. The van der Waals surface area contributed by atoms with Gasteiger partial charge in [0, 0.05) is 24.1 Å². The van der Waals surface area contributed by atoms with Gasteiger partial charge in [0.05, 0.1) is 15.8 Å². The summed E-state index contributed by atoms with van der Waals surface area (Å²) >= 11 is 12.4. The van der Waals surface area contributed by atoms with Crippen molar-refractivity contribution in [2.24, 2.45) is 0 Å². The first-order valence-electron chi connectivity index (χ1n) is 9.95. The van der Waals surface area contributed by atoms with Gasteiger partial charge in [-0.3, -0.25) is 9.35 Å². The molecule has 0 saturated carbocycles. The third-order valence-corrected chi connectivity index (χ3v) is 7.27. The lowest BCUT2D eigenvalue weighted by molar-refractivity contribution is 0.0624. The molecule has 1 atom stereocenters. The lowest BCUT2D eigenvalue weighted by atomic mass is 9.70. The van der Waals surface area contributed by atoms with E-state index in [4.69, 9.17) is 27.8 Å². The first-order chi connectivity index (χ1) is 14.2. The zero-order valence-electron chi connectivity index (χ0n) is 16.6. The Morgan fingerprint density at radius 1 is 1.07 bits per heavy atom. The lowest BCUT2D eigenvalue weighted by Crippen LogP contribution is -2.48. The highest BCUT2D eigenvalue weighted by Gasteiger charge is 2.38. The summed E-state index contributed by atoms with van der Waals surface area (Å²) in [6, 6.07) is 14.7. The van der Waals surface area contributed by atoms with Crippen LogP contribution in [0.4, 0.5) is 0 Å². The van der Waals surface area contributed by atoms with E-state index in [-0.39, 0.29) is 17.1 Å². The second kappa shape index (κ2) is 9.69. The number of amides is 1. The molecule has 0 radical (unpaired) electrons. The maximum atomic E-state index is 13.1. The summed E-state index contributed by atoms with van der Waals surface area (Å²) in [7, 11) is -3.99. The molecule has 8 heteroatoms. The van der Waals surface area contributed by atoms with E-state index in [1.165, 1.54) is 0 Å². The molecule has 0 unspecified atom stereocenters. The van der Waals surface area contributed by atoms with Gasteiger partial charge in [0.15, 0.2) is 0 Å². The van der Waals surface area contributed by atoms with Crippen LogP contribution in [0, 0.1) is 0 Å². The Hall–Kier alpha value is -1.60. The van der Waals surface area contributed by atoms with Crippen molar-refractivity contribution < 1.29 is 17.8 Å². The van der Waals surface area contributed by atoms with Gasteiger partial charge in [-0.25, -0.2) is 0 Å². The number of unbranched alkanes of at least 4 members (excludes halogenated alkanes) is 1. The third-order valence-electron chi connectivity index (χ3n) is 5.72. The van der Waals surface area contributed by atoms with Crippen LogP contribution in [-0.4, -0.2) is 42.6 Å². The van der Waals surface area contributed by atoms with E-state index >= 15 is 0 Å². The molecule has 1 fully saturated rings. The van der Waals surface area contributed by atoms with Gasteiger partial charge in [-0.15, -0.1) is 0 Å². The Labute approximate surface area is 187 Å². The maximum Gasteiger partial charge on any atom is 0.264 e. The molecule has 1 saturated heterocycles. The fourth-order valence-corrected chi connectivity index (χ4v) is 5.09. The van der Waals surface area contributed by atoms with Gasteiger partial charge in [-0.05, 0) is 55.5 Å². The zero-order valence-corrected chi connectivity index (χ0v) is 18.9. The number of halogens is 2. The van der Waals surface area contributed by atoms with Crippen LogP contribution in [0.1, 0.15) is 48.0 Å². The van der Waals surface area contributed by atoms with E-state index in [2.05, 4.69) is 0 Å². The summed E-state index contributed by atoms with van der Waals surface area (Å²) in [5.41, 5.74) is 1.29. The van der Waals surface area contributed by atoms with Crippen LogP contribution in [0.2, 0.25) is 10.0 Å². The smallest absolute Gasteiger partial charge is 0.264 e. The highest BCUT2D eigenvalue weighted by Crippen LogP contribution is 2.41. The number of carbonyl (C=O) groups is 1. The maximum absolute atomic E-state index is 13.1. The van der Waals surface area contributed by atoms with Crippen LogP contribution in [-0.2, 0) is 15.5 Å². The summed E-state index contributed by atoms with van der Waals surface area (Å²) in [4.78, 5) is 14.9. The van der Waals surface area contributed by atoms with Gasteiger partial charge in [0.2, 0.25) is 0 Å². The van der Waals surface area contributed by atoms with Crippen molar-refractivity contribution in [3.8, 4) is 0 Å². The first kappa shape index (κ1) is 23.1. The van der Waals surface area contributed by atoms with Gasteiger partial charge < -0.3 is 4.90 Å². The SMILES string of the molecule is O=C(c1ccccc1)N1CCC[C@@](CCCCS(=O)(=O)O)(c2ccc(Cl)c(Cl)c2)C1. The molecule has 1 aliphatic rings. The van der Waals surface area contributed by atoms with Gasteiger partial charge >= 0.3 is 0 Å². The largest absolute Gasteiger partial charge is 0.338 e. The van der Waals surface area contributed by atoms with Gasteiger partial charge in [0.25, 0.3) is 16.0 Å². The van der Waals surface area contributed by atoms with Gasteiger partial charge in [-0.2, -0.15) is 8.42 Å². The summed E-state index contributed by atoms with van der Waals surface area (Å²) < 4.78 is 31.2. The van der Waals surface area contributed by atoms with Crippen molar-refractivity contribution in [1.82, 2.24) is 4.90 Å². The number of carbonyl (C=O) groups excluding carboxylic acids is 1. The van der Waals surface area contributed by atoms with Crippen molar-refractivity contribution in [2.75, 3.05) is 18.8 Å². The van der Waals surface area contributed by atoms with Crippen molar-refractivity contribution in [3.05, 3.63) is 69.7 Å². The molecular formula is C22H25Cl2NO4S. The van der Waals surface area contributed by atoms with Crippen LogP contribution in [0.15, 0.2) is 48.5 Å². The minimum absolute atomic E-state index is 0.0160. The molecule has 3 rings (SSSR count). The number of likely N-dealkylation sites (tertiary alicyclic amines) is 1. The van der Waals surface area contributed by atoms with Crippen LogP contribution >= 0.6 is 23.2 Å². The van der Waals surface area contributed by atoms with Crippen molar-refractivity contribution in [1.29, 1.82) is 0 Å². The normalized spacial score (nSPS) is 19.6. The highest BCUT2D eigenvalue weighted by atomic mass is 35.5. The first-order valence-corrected chi connectivity index (χ1v) is 12.3. The molecule has 1 heterocycles. The minimum atomic E-state index is -3.99. The Morgan fingerprint density at radius 2 is 1.80 bits per heavy atom. The summed E-state index contributed by atoms with van der Waals surface area (Å²) in [5.74, 6) is -0.283. The molecule has 2 aromatic rings. The van der Waals surface area contributed by atoms with E-state index in [0.29, 0.717) is 48.0 Å². The summed E-state index contributed by atoms with van der Waals surface area (Å²) in [6.45, 7) is 1.19. The average molecular weight is 470 g/mol. The van der Waals surface area contributed by atoms with Gasteiger partial charge in [0.1, 0.15) is 0 Å². The molecule has 30 heavy (non-hydrogen) atoms. The number of benzene rings is 2. The van der Waals surface area contributed by atoms with Gasteiger partial charge in [-0.1, -0.05) is 53.9 Å². The van der Waals surface area contributed by atoms with Crippen LogP contribution in [0.5, 0.6) is 0 Å². The molecule has 0 spiro atoms. The Balaban J connectivity index is 1.86. The minimum Gasteiger partial charge on any atom is -0.338 e. The molecule has 0 bridgehead atoms. The number of piperidine rings is 1. The summed E-state index contributed by atoms with van der Waals surface area (Å²) in [5, 5.41) is 0.924. The predicted octanol–water partition coefficient (Wildman–Crippen LogP) is 5.23. The molecule has 1 N–H and O–H groups in total. The quantitative estimate of drug-likeness (QED) is 0.445. The third kappa shape index (κ3) is 5.76. The van der Waals surface area contributed by atoms with Crippen molar-refractivity contribution in [2.45, 2.75) is 37.5 Å². The second-order valence-electron chi connectivity index (χ2n) is 7.85. The Bertz CT molecular complexity index is 997. The zero-order chi connectivity index (χ0) is 21.8. The Morgan fingerprint density at radius 3 is 2.47 bits per heavy atom. The molecule has 0 aliphatic carbocycles. The fourth-order valence-electron chi connectivity index (χ4n) is 4.23. The molecule has 5 nitrogen and oxygen atoms in total. The number of hydrogen-bond donors (Lipinski definition) is 1. The topological polar surface area (TPSA) is 74.7 Å². The van der Waals surface area contributed by atoms with E-state index in [0.717, 1.165) is 18.4 Å². The van der Waals surface area contributed by atoms with E-state index in [1.54, 1.807) is 6.07 Å². The highest BCUT2D eigenvalue weighted by molar-refractivity contribution is 7.85. The molecule has 2 aromatic carbocycles. The molecular weight excluding hydrogens is 445 g/mol. The molecule has 1 aliphatic heterocycles. The number of rotatable bonds is 7.